The molecule has 0 radical (unpaired) electrons. The van der Waals surface area contributed by atoms with Crippen LogP contribution >= 0.6 is 0 Å². The van der Waals surface area contributed by atoms with Crippen molar-refractivity contribution in [1.82, 2.24) is 19.8 Å². The Morgan fingerprint density at radius 3 is 2.74 bits per heavy atom. The maximum atomic E-state index is 11.8. The number of nitrogens with one attached hydrogen (secondary N) is 1. The summed E-state index contributed by atoms with van der Waals surface area (Å²) in [6.07, 6.45) is 5.41. The molecule has 0 aliphatic carbocycles. The first-order valence-electron chi connectivity index (χ1n) is 7.20. The Kier molecular flexibility index (Phi) is 7.18. The molecule has 0 aliphatic heterocycles. The zero-order valence-electron chi connectivity index (χ0n) is 12.4. The molecule has 0 unspecified atom stereocenters. The predicted octanol–water partition coefficient (Wildman–Crippen LogP) is 1.64. The highest BCUT2D eigenvalue weighted by Crippen LogP contribution is 2.00. The largest absolute Gasteiger partial charge is 0.343 e. The van der Waals surface area contributed by atoms with Crippen LogP contribution < -0.4 is 5.32 Å². The number of amides is 1. The van der Waals surface area contributed by atoms with Crippen LogP contribution in [-0.2, 0) is 17.9 Å². The van der Waals surface area contributed by atoms with Gasteiger partial charge < -0.3 is 14.8 Å². The predicted molar refractivity (Wildman–Crippen MR) is 76.8 cm³/mol. The molecule has 19 heavy (non-hydrogen) atoms. The van der Waals surface area contributed by atoms with Gasteiger partial charge in [0.2, 0.25) is 5.91 Å². The van der Waals surface area contributed by atoms with Crippen LogP contribution in [0.15, 0.2) is 12.5 Å². The minimum absolute atomic E-state index is 0.222. The number of hydrogen-bond acceptors (Lipinski definition) is 3. The summed E-state index contributed by atoms with van der Waals surface area (Å²) in [6, 6.07) is 0. The van der Waals surface area contributed by atoms with Gasteiger partial charge in [-0.05, 0) is 20.3 Å². The molecule has 5 nitrogen and oxygen atoms in total. The highest BCUT2D eigenvalue weighted by Gasteiger charge is 2.08. The summed E-state index contributed by atoms with van der Waals surface area (Å²) in [7, 11) is 0. The van der Waals surface area contributed by atoms with Gasteiger partial charge in [0, 0.05) is 45.3 Å². The van der Waals surface area contributed by atoms with Crippen molar-refractivity contribution in [3.63, 3.8) is 0 Å². The summed E-state index contributed by atoms with van der Waals surface area (Å²) < 4.78 is 2.15. The second kappa shape index (κ2) is 8.69. The zero-order chi connectivity index (χ0) is 14.1. The summed E-state index contributed by atoms with van der Waals surface area (Å²) in [6.45, 7) is 10.2. The lowest BCUT2D eigenvalue weighted by Crippen LogP contribution is -2.32. The third-order valence-electron chi connectivity index (χ3n) is 3.20. The molecule has 0 fully saturated rings. The van der Waals surface area contributed by atoms with Crippen molar-refractivity contribution in [2.45, 2.75) is 46.7 Å². The van der Waals surface area contributed by atoms with E-state index in [2.05, 4.69) is 21.8 Å². The lowest BCUT2D eigenvalue weighted by atomic mass is 10.3. The monoisotopic (exact) mass is 266 g/mol. The van der Waals surface area contributed by atoms with Gasteiger partial charge in [0.05, 0.1) is 12.0 Å². The second-order valence-corrected chi connectivity index (χ2v) is 4.57. The number of aromatic nitrogens is 2. The van der Waals surface area contributed by atoms with Crippen LogP contribution in [0.5, 0.6) is 0 Å². The van der Waals surface area contributed by atoms with E-state index in [9.17, 15) is 4.79 Å². The average molecular weight is 266 g/mol. The van der Waals surface area contributed by atoms with Crippen LogP contribution in [-0.4, -0.2) is 40.0 Å². The number of hydrogen-bond donors (Lipinski definition) is 1. The molecule has 1 aromatic heterocycles. The van der Waals surface area contributed by atoms with Gasteiger partial charge in [-0.25, -0.2) is 4.98 Å². The van der Waals surface area contributed by atoms with Crippen molar-refractivity contribution in [3.8, 4) is 0 Å². The van der Waals surface area contributed by atoms with Crippen molar-refractivity contribution in [2.24, 2.45) is 0 Å². The van der Waals surface area contributed by atoms with Gasteiger partial charge in [-0.3, -0.25) is 4.79 Å². The van der Waals surface area contributed by atoms with Crippen LogP contribution in [0.1, 0.15) is 39.3 Å². The number of aryl methyl sites for hydroxylation is 1. The van der Waals surface area contributed by atoms with Crippen LogP contribution in [0.25, 0.3) is 0 Å². The summed E-state index contributed by atoms with van der Waals surface area (Å²) in [4.78, 5) is 17.8. The molecule has 0 aromatic carbocycles. The Morgan fingerprint density at radius 1 is 1.37 bits per heavy atom. The van der Waals surface area contributed by atoms with Crippen molar-refractivity contribution in [2.75, 3.05) is 19.6 Å². The molecule has 108 valence electrons. The minimum atomic E-state index is 0.222. The van der Waals surface area contributed by atoms with Gasteiger partial charge in [-0.1, -0.05) is 6.92 Å². The first-order valence-corrected chi connectivity index (χ1v) is 7.20. The van der Waals surface area contributed by atoms with E-state index in [4.69, 9.17) is 0 Å². The lowest BCUT2D eigenvalue weighted by molar-refractivity contribution is -0.130. The van der Waals surface area contributed by atoms with E-state index in [1.165, 1.54) is 5.69 Å². The molecule has 1 amide bonds. The van der Waals surface area contributed by atoms with Gasteiger partial charge in [0.15, 0.2) is 0 Å². The first kappa shape index (κ1) is 15.7. The molecule has 0 saturated carbocycles. The van der Waals surface area contributed by atoms with E-state index < -0.39 is 0 Å². The fraction of sp³-hybridized carbons (Fsp3) is 0.714. The molecule has 1 aromatic rings. The van der Waals surface area contributed by atoms with Gasteiger partial charge >= 0.3 is 0 Å². The second-order valence-electron chi connectivity index (χ2n) is 4.57. The summed E-state index contributed by atoms with van der Waals surface area (Å²) in [5.74, 6) is 0.222. The maximum absolute atomic E-state index is 11.8. The zero-order valence-corrected chi connectivity index (χ0v) is 12.4. The Morgan fingerprint density at radius 2 is 2.11 bits per heavy atom. The molecule has 0 aliphatic rings. The highest BCUT2D eigenvalue weighted by atomic mass is 16.2. The Hall–Kier alpha value is -1.36. The Balaban J connectivity index is 2.27. The van der Waals surface area contributed by atoms with Crippen LogP contribution in [0, 0.1) is 0 Å². The van der Waals surface area contributed by atoms with Gasteiger partial charge in [-0.15, -0.1) is 0 Å². The normalized spacial score (nSPS) is 10.7. The molecule has 0 bridgehead atoms. The molecule has 0 spiro atoms. The van der Waals surface area contributed by atoms with Crippen LogP contribution in [0.3, 0.4) is 0 Å². The molecule has 1 N–H and O–H groups in total. The van der Waals surface area contributed by atoms with Gasteiger partial charge in [0.25, 0.3) is 0 Å². The standard InChI is InChI=1S/C14H26N4O/c1-4-9-18-12-16-11-13(18)10-15-8-7-14(19)17(5-2)6-3/h11-12,15H,4-10H2,1-3H3. The molecule has 0 atom stereocenters. The summed E-state index contributed by atoms with van der Waals surface area (Å²) >= 11 is 0. The maximum Gasteiger partial charge on any atom is 0.223 e. The van der Waals surface area contributed by atoms with Crippen LogP contribution in [0.2, 0.25) is 0 Å². The SMILES string of the molecule is CCCn1cncc1CNCCC(=O)N(CC)CC. The molecular formula is C14H26N4O. The molecule has 0 saturated heterocycles. The minimum Gasteiger partial charge on any atom is -0.343 e. The highest BCUT2D eigenvalue weighted by molar-refractivity contribution is 5.76. The molecule has 5 heteroatoms. The topological polar surface area (TPSA) is 50.2 Å². The van der Waals surface area contributed by atoms with Crippen molar-refractivity contribution >= 4 is 5.91 Å². The van der Waals surface area contributed by atoms with E-state index >= 15 is 0 Å². The average Bonchev–Trinajstić information content (AvgIpc) is 2.84. The van der Waals surface area contributed by atoms with E-state index in [1.807, 2.05) is 31.3 Å². The fourth-order valence-corrected chi connectivity index (χ4v) is 2.08. The summed E-state index contributed by atoms with van der Waals surface area (Å²) in [5, 5.41) is 3.31. The Labute approximate surface area is 116 Å². The molecule has 1 heterocycles. The van der Waals surface area contributed by atoms with E-state index in [-0.39, 0.29) is 5.91 Å². The smallest absolute Gasteiger partial charge is 0.223 e. The molecule has 1 rings (SSSR count). The summed E-state index contributed by atoms with van der Waals surface area (Å²) in [5.41, 5.74) is 1.18. The first-order chi connectivity index (χ1) is 9.22. The van der Waals surface area contributed by atoms with Crippen molar-refractivity contribution in [3.05, 3.63) is 18.2 Å². The number of nitrogens with zero attached hydrogens (tertiary/aromatic N) is 3. The number of carbonyl (C=O) groups is 1. The fourth-order valence-electron chi connectivity index (χ4n) is 2.08. The van der Waals surface area contributed by atoms with E-state index in [1.54, 1.807) is 0 Å². The van der Waals surface area contributed by atoms with Gasteiger partial charge in [-0.2, -0.15) is 0 Å². The number of carbonyl (C=O) groups excluding carboxylic acids is 1. The molecular weight excluding hydrogens is 240 g/mol. The number of rotatable bonds is 9. The Bertz CT molecular complexity index is 371. The van der Waals surface area contributed by atoms with Crippen molar-refractivity contribution in [1.29, 1.82) is 0 Å². The van der Waals surface area contributed by atoms with E-state index in [0.717, 1.165) is 32.6 Å². The lowest BCUT2D eigenvalue weighted by Gasteiger charge is -2.18. The third-order valence-corrected chi connectivity index (χ3v) is 3.20. The van der Waals surface area contributed by atoms with Crippen molar-refractivity contribution < 1.29 is 4.79 Å². The number of imidazole rings is 1. The van der Waals surface area contributed by atoms with Crippen LogP contribution in [0.4, 0.5) is 0 Å². The quantitative estimate of drug-likeness (QED) is 0.691. The third kappa shape index (κ3) is 5.03. The van der Waals surface area contributed by atoms with E-state index in [0.29, 0.717) is 13.0 Å². The van der Waals surface area contributed by atoms with Gasteiger partial charge in [0.1, 0.15) is 0 Å².